The number of guanidine groups is 1. The van der Waals surface area contributed by atoms with Crippen LogP contribution in [-0.4, -0.2) is 18.9 Å². The van der Waals surface area contributed by atoms with Crippen molar-refractivity contribution in [3.63, 3.8) is 0 Å². The Balaban J connectivity index is 0.00000312. The van der Waals surface area contributed by atoms with Gasteiger partial charge in [-0.2, -0.15) is 0 Å². The Morgan fingerprint density at radius 3 is 2.44 bits per heavy atom. The molecule has 0 aliphatic rings. The minimum atomic E-state index is -0.0733. The molecule has 0 unspecified atom stereocenters. The van der Waals surface area contributed by atoms with E-state index in [4.69, 9.17) is 0 Å². The molecule has 3 N–H and O–H groups in total. The molecule has 2 rings (SSSR count). The Hall–Kier alpha value is -2.09. The van der Waals surface area contributed by atoms with E-state index in [1.54, 1.807) is 7.05 Å². The number of nitrogens with one attached hydrogen (secondary N) is 3. The molecule has 25 heavy (non-hydrogen) atoms. The molecule has 0 radical (unpaired) electrons. The molecule has 0 aliphatic carbocycles. The zero-order valence-electron chi connectivity index (χ0n) is 14.8. The van der Waals surface area contributed by atoms with Gasteiger partial charge in [0.25, 0.3) is 0 Å². The third-order valence-electron chi connectivity index (χ3n) is 3.64. The maximum atomic E-state index is 11.1. The predicted octanol–water partition coefficient (Wildman–Crippen LogP) is 3.44. The van der Waals surface area contributed by atoms with Gasteiger partial charge in [0.1, 0.15) is 0 Å². The van der Waals surface area contributed by atoms with Gasteiger partial charge in [0, 0.05) is 32.7 Å². The van der Waals surface area contributed by atoms with E-state index in [-0.39, 0.29) is 29.9 Å². The first-order valence-electron chi connectivity index (χ1n) is 7.94. The van der Waals surface area contributed by atoms with Crippen LogP contribution in [0.25, 0.3) is 0 Å². The Labute approximate surface area is 166 Å². The lowest BCUT2D eigenvalue weighted by Gasteiger charge is -2.13. The van der Waals surface area contributed by atoms with E-state index >= 15 is 0 Å². The van der Waals surface area contributed by atoms with E-state index in [0.29, 0.717) is 6.54 Å². The van der Waals surface area contributed by atoms with E-state index in [1.807, 2.05) is 36.4 Å². The summed E-state index contributed by atoms with van der Waals surface area (Å²) >= 11 is 0. The number of carbonyl (C=O) groups is 1. The molecular weight excluding hydrogens is 427 g/mol. The van der Waals surface area contributed by atoms with Gasteiger partial charge < -0.3 is 16.0 Å². The summed E-state index contributed by atoms with van der Waals surface area (Å²) in [7, 11) is 1.75. The lowest BCUT2D eigenvalue weighted by atomic mass is 10.1. The lowest BCUT2D eigenvalue weighted by molar-refractivity contribution is -0.114. The summed E-state index contributed by atoms with van der Waals surface area (Å²) in [5.74, 6) is 0.666. The van der Waals surface area contributed by atoms with Crippen LogP contribution in [0, 0.1) is 6.92 Å². The Kier molecular flexibility index (Phi) is 8.98. The van der Waals surface area contributed by atoms with Crippen LogP contribution >= 0.6 is 24.0 Å². The van der Waals surface area contributed by atoms with Crippen molar-refractivity contribution in [1.82, 2.24) is 10.6 Å². The molecule has 0 bridgehead atoms. The first kappa shape index (κ1) is 21.0. The minimum absolute atomic E-state index is 0. The first-order valence-corrected chi connectivity index (χ1v) is 7.94. The quantitative estimate of drug-likeness (QED) is 0.370. The van der Waals surface area contributed by atoms with Gasteiger partial charge >= 0.3 is 0 Å². The number of aliphatic imine (C=N–C) groups is 1. The normalized spacial score (nSPS) is 10.6. The van der Waals surface area contributed by atoms with Crippen LogP contribution in [-0.2, 0) is 17.9 Å². The zero-order valence-corrected chi connectivity index (χ0v) is 17.1. The van der Waals surface area contributed by atoms with E-state index in [9.17, 15) is 4.79 Å². The summed E-state index contributed by atoms with van der Waals surface area (Å²) in [6.45, 7) is 4.95. The third kappa shape index (κ3) is 7.13. The highest BCUT2D eigenvalue weighted by Gasteiger charge is 2.02. The predicted molar refractivity (Wildman–Crippen MR) is 114 cm³/mol. The second kappa shape index (κ2) is 10.7. The molecule has 5 nitrogen and oxygen atoms in total. The molecule has 0 atom stereocenters. The number of anilines is 1. The van der Waals surface area contributed by atoms with E-state index < -0.39 is 0 Å². The van der Waals surface area contributed by atoms with Gasteiger partial charge in [0.2, 0.25) is 5.91 Å². The van der Waals surface area contributed by atoms with Gasteiger partial charge in [0.15, 0.2) is 5.96 Å². The van der Waals surface area contributed by atoms with Crippen LogP contribution in [0.5, 0.6) is 0 Å². The van der Waals surface area contributed by atoms with Crippen molar-refractivity contribution in [2.45, 2.75) is 26.9 Å². The molecule has 134 valence electrons. The Morgan fingerprint density at radius 1 is 1.04 bits per heavy atom. The molecule has 2 aromatic rings. The fourth-order valence-electron chi connectivity index (χ4n) is 2.36. The Morgan fingerprint density at radius 2 is 1.76 bits per heavy atom. The molecule has 1 amide bonds. The summed E-state index contributed by atoms with van der Waals surface area (Å²) in [6, 6.07) is 16.0. The molecule has 0 fully saturated rings. The molecule has 0 heterocycles. The average molecular weight is 452 g/mol. The lowest BCUT2D eigenvalue weighted by Crippen LogP contribution is -2.36. The number of benzene rings is 2. The van der Waals surface area contributed by atoms with Crippen molar-refractivity contribution in [1.29, 1.82) is 0 Å². The van der Waals surface area contributed by atoms with Crippen LogP contribution in [0.4, 0.5) is 5.69 Å². The van der Waals surface area contributed by atoms with Crippen LogP contribution in [0.3, 0.4) is 0 Å². The van der Waals surface area contributed by atoms with E-state index in [1.165, 1.54) is 18.1 Å². The molecule has 0 aromatic heterocycles. The summed E-state index contributed by atoms with van der Waals surface area (Å²) in [5, 5.41) is 9.38. The van der Waals surface area contributed by atoms with Crippen LogP contribution < -0.4 is 16.0 Å². The number of amides is 1. The maximum absolute atomic E-state index is 11.1. The highest BCUT2D eigenvalue weighted by molar-refractivity contribution is 14.0. The van der Waals surface area contributed by atoms with Crippen molar-refractivity contribution in [3.8, 4) is 0 Å². The van der Waals surface area contributed by atoms with Gasteiger partial charge in [-0.25, -0.2) is 0 Å². The standard InChI is InChI=1S/C19H24N4O.HI/c1-14-7-4-5-9-17(14)13-22-19(20-3)21-12-16-8-6-10-18(11-16)23-15(2)24;/h4-11H,12-13H2,1-3H3,(H,23,24)(H2,20,21,22);1H. The third-order valence-corrected chi connectivity index (χ3v) is 3.64. The first-order chi connectivity index (χ1) is 11.6. The number of halogens is 1. The van der Waals surface area contributed by atoms with E-state index in [2.05, 4.69) is 40.0 Å². The average Bonchev–Trinajstić information content (AvgIpc) is 2.56. The number of hydrogen-bond acceptors (Lipinski definition) is 2. The number of aryl methyl sites for hydroxylation is 1. The molecule has 0 saturated carbocycles. The smallest absolute Gasteiger partial charge is 0.221 e. The topological polar surface area (TPSA) is 65.5 Å². The number of carbonyl (C=O) groups excluding carboxylic acids is 1. The second-order valence-electron chi connectivity index (χ2n) is 5.59. The molecule has 6 heteroatoms. The number of nitrogens with zero attached hydrogens (tertiary/aromatic N) is 1. The van der Waals surface area contributed by atoms with Gasteiger partial charge in [-0.1, -0.05) is 36.4 Å². The molecule has 2 aromatic carbocycles. The fraction of sp³-hybridized carbons (Fsp3) is 0.263. The zero-order chi connectivity index (χ0) is 17.4. The highest BCUT2D eigenvalue weighted by Crippen LogP contribution is 2.10. The largest absolute Gasteiger partial charge is 0.352 e. The van der Waals surface area contributed by atoms with Crippen molar-refractivity contribution in [2.75, 3.05) is 12.4 Å². The van der Waals surface area contributed by atoms with Gasteiger partial charge in [-0.15, -0.1) is 24.0 Å². The SMILES string of the molecule is CN=C(NCc1cccc(NC(C)=O)c1)NCc1ccccc1C.I. The molecular formula is C19H25IN4O. The molecule has 0 saturated heterocycles. The Bertz CT molecular complexity index is 731. The monoisotopic (exact) mass is 452 g/mol. The van der Waals surface area contributed by atoms with Crippen molar-refractivity contribution < 1.29 is 4.79 Å². The maximum Gasteiger partial charge on any atom is 0.221 e. The van der Waals surface area contributed by atoms with Gasteiger partial charge in [-0.05, 0) is 35.7 Å². The van der Waals surface area contributed by atoms with Crippen molar-refractivity contribution in [3.05, 3.63) is 65.2 Å². The van der Waals surface area contributed by atoms with Crippen LogP contribution in [0.15, 0.2) is 53.5 Å². The summed E-state index contributed by atoms with van der Waals surface area (Å²) in [4.78, 5) is 15.4. The summed E-state index contributed by atoms with van der Waals surface area (Å²) in [5.41, 5.74) is 4.36. The molecule has 0 aliphatic heterocycles. The van der Waals surface area contributed by atoms with Crippen LogP contribution in [0.2, 0.25) is 0 Å². The minimum Gasteiger partial charge on any atom is -0.352 e. The highest BCUT2D eigenvalue weighted by atomic mass is 127. The van der Waals surface area contributed by atoms with Crippen molar-refractivity contribution >= 4 is 41.5 Å². The fourth-order valence-corrected chi connectivity index (χ4v) is 2.36. The van der Waals surface area contributed by atoms with Crippen LogP contribution in [0.1, 0.15) is 23.6 Å². The van der Waals surface area contributed by atoms with Gasteiger partial charge in [0.05, 0.1) is 0 Å². The van der Waals surface area contributed by atoms with E-state index in [0.717, 1.165) is 23.8 Å². The van der Waals surface area contributed by atoms with Gasteiger partial charge in [-0.3, -0.25) is 9.79 Å². The second-order valence-corrected chi connectivity index (χ2v) is 5.59. The van der Waals surface area contributed by atoms with Crippen molar-refractivity contribution in [2.24, 2.45) is 4.99 Å². The molecule has 0 spiro atoms. The number of hydrogen-bond donors (Lipinski definition) is 3. The summed E-state index contributed by atoms with van der Waals surface area (Å²) < 4.78 is 0. The summed E-state index contributed by atoms with van der Waals surface area (Å²) in [6.07, 6.45) is 0. The number of rotatable bonds is 5.